The molecule has 0 unspecified atom stereocenters. The number of anilines is 1. The SMILES string of the molecule is N#Cc1ccc(N2C(=O)N/C(=C\c3ccc(O)cc3)C2=O)c2ccccc12. The van der Waals surface area contributed by atoms with Gasteiger partial charge in [0.2, 0.25) is 0 Å². The van der Waals surface area contributed by atoms with E-state index in [1.165, 1.54) is 12.1 Å². The van der Waals surface area contributed by atoms with E-state index < -0.39 is 11.9 Å². The van der Waals surface area contributed by atoms with Crippen LogP contribution in [0.15, 0.2) is 66.4 Å². The van der Waals surface area contributed by atoms with Crippen molar-refractivity contribution in [1.29, 1.82) is 5.26 Å². The molecule has 6 nitrogen and oxygen atoms in total. The Labute approximate surface area is 154 Å². The number of carbonyl (C=O) groups excluding carboxylic acids is 2. The molecule has 2 N–H and O–H groups in total. The fraction of sp³-hybridized carbons (Fsp3) is 0. The maximum absolute atomic E-state index is 12.8. The second-order valence-electron chi connectivity index (χ2n) is 6.01. The average molecular weight is 355 g/mol. The number of hydrogen-bond acceptors (Lipinski definition) is 4. The number of phenolic OH excluding ortho intramolecular Hbond substituents is 1. The number of nitrogens with one attached hydrogen (secondary N) is 1. The Kier molecular flexibility index (Phi) is 3.83. The van der Waals surface area contributed by atoms with E-state index in [1.54, 1.807) is 54.6 Å². The molecule has 0 bridgehead atoms. The first-order valence-corrected chi connectivity index (χ1v) is 8.16. The Hall–Kier alpha value is -4.11. The molecule has 6 heteroatoms. The summed E-state index contributed by atoms with van der Waals surface area (Å²) in [6, 6.07) is 18.2. The van der Waals surface area contributed by atoms with E-state index in [0.29, 0.717) is 27.6 Å². The maximum atomic E-state index is 12.8. The number of urea groups is 1. The van der Waals surface area contributed by atoms with Crippen molar-refractivity contribution in [3.05, 3.63) is 77.5 Å². The second kappa shape index (κ2) is 6.32. The summed E-state index contributed by atoms with van der Waals surface area (Å²) in [5.74, 6) is -0.368. The normalized spacial score (nSPS) is 15.2. The van der Waals surface area contributed by atoms with Crippen molar-refractivity contribution < 1.29 is 14.7 Å². The topological polar surface area (TPSA) is 93.4 Å². The van der Waals surface area contributed by atoms with Gasteiger partial charge in [0.05, 0.1) is 17.3 Å². The van der Waals surface area contributed by atoms with Crippen LogP contribution in [0, 0.1) is 11.3 Å². The number of nitriles is 1. The molecule has 27 heavy (non-hydrogen) atoms. The van der Waals surface area contributed by atoms with Gasteiger partial charge in [0.15, 0.2) is 0 Å². The van der Waals surface area contributed by atoms with Crippen LogP contribution in [0.25, 0.3) is 16.8 Å². The lowest BCUT2D eigenvalue weighted by Gasteiger charge is -2.15. The highest BCUT2D eigenvalue weighted by Gasteiger charge is 2.35. The van der Waals surface area contributed by atoms with Crippen LogP contribution in [0.1, 0.15) is 11.1 Å². The van der Waals surface area contributed by atoms with Gasteiger partial charge in [-0.1, -0.05) is 36.4 Å². The van der Waals surface area contributed by atoms with E-state index in [0.717, 1.165) is 4.90 Å². The molecule has 3 amide bonds. The molecule has 1 fully saturated rings. The van der Waals surface area contributed by atoms with Crippen molar-refractivity contribution >= 4 is 34.5 Å². The first-order valence-electron chi connectivity index (χ1n) is 8.16. The zero-order chi connectivity index (χ0) is 19.0. The smallest absolute Gasteiger partial charge is 0.333 e. The second-order valence-corrected chi connectivity index (χ2v) is 6.01. The number of rotatable bonds is 2. The minimum atomic E-state index is -0.556. The van der Waals surface area contributed by atoms with E-state index in [4.69, 9.17) is 0 Å². The number of carbonyl (C=O) groups is 2. The zero-order valence-corrected chi connectivity index (χ0v) is 14.0. The summed E-state index contributed by atoms with van der Waals surface area (Å²) in [6.45, 7) is 0. The number of phenols is 1. The Balaban J connectivity index is 1.79. The fourth-order valence-electron chi connectivity index (χ4n) is 3.07. The fourth-order valence-corrected chi connectivity index (χ4v) is 3.07. The number of benzene rings is 3. The summed E-state index contributed by atoms with van der Waals surface area (Å²) in [4.78, 5) is 26.4. The van der Waals surface area contributed by atoms with Gasteiger partial charge in [-0.15, -0.1) is 0 Å². The molecule has 4 rings (SSSR count). The number of fused-ring (bicyclic) bond motifs is 1. The third-order valence-electron chi connectivity index (χ3n) is 4.34. The van der Waals surface area contributed by atoms with Gasteiger partial charge in [0, 0.05) is 10.8 Å². The van der Waals surface area contributed by atoms with Crippen molar-refractivity contribution in [2.24, 2.45) is 0 Å². The number of amides is 3. The highest BCUT2D eigenvalue weighted by atomic mass is 16.3. The largest absolute Gasteiger partial charge is 0.508 e. The van der Waals surface area contributed by atoms with Crippen molar-refractivity contribution in [3.63, 3.8) is 0 Å². The summed E-state index contributed by atoms with van der Waals surface area (Å²) in [7, 11) is 0. The van der Waals surface area contributed by atoms with E-state index >= 15 is 0 Å². The first-order chi connectivity index (χ1) is 13.1. The van der Waals surface area contributed by atoms with Crippen molar-refractivity contribution in [3.8, 4) is 11.8 Å². The van der Waals surface area contributed by atoms with E-state index in [-0.39, 0.29) is 11.4 Å². The summed E-state index contributed by atoms with van der Waals surface area (Å²) >= 11 is 0. The molecular weight excluding hydrogens is 342 g/mol. The van der Waals surface area contributed by atoms with Gasteiger partial charge >= 0.3 is 6.03 Å². The molecule has 1 heterocycles. The van der Waals surface area contributed by atoms with Crippen LogP contribution in [0.2, 0.25) is 0 Å². The van der Waals surface area contributed by atoms with Gasteiger partial charge in [-0.05, 0) is 35.9 Å². The first kappa shape index (κ1) is 16.4. The molecular formula is C21H13N3O3. The van der Waals surface area contributed by atoms with Crippen LogP contribution < -0.4 is 10.2 Å². The molecule has 0 aromatic heterocycles. The Morgan fingerprint density at radius 3 is 2.37 bits per heavy atom. The number of nitrogens with zero attached hydrogens (tertiary/aromatic N) is 2. The highest BCUT2D eigenvalue weighted by molar-refractivity contribution is 6.30. The summed E-state index contributed by atoms with van der Waals surface area (Å²) in [6.07, 6.45) is 1.55. The molecule has 130 valence electrons. The Bertz CT molecular complexity index is 1160. The lowest BCUT2D eigenvalue weighted by atomic mass is 10.0. The lowest BCUT2D eigenvalue weighted by molar-refractivity contribution is -0.113. The quantitative estimate of drug-likeness (QED) is 0.543. The van der Waals surface area contributed by atoms with Crippen molar-refractivity contribution in [2.75, 3.05) is 4.90 Å². The summed E-state index contributed by atoms with van der Waals surface area (Å²) in [5, 5.41) is 22.5. The Morgan fingerprint density at radius 2 is 1.67 bits per heavy atom. The van der Waals surface area contributed by atoms with Gasteiger partial charge in [0.1, 0.15) is 11.4 Å². The predicted molar refractivity (Wildman–Crippen MR) is 101 cm³/mol. The number of imide groups is 1. The van der Waals surface area contributed by atoms with Crippen LogP contribution in [0.5, 0.6) is 5.75 Å². The van der Waals surface area contributed by atoms with Crippen LogP contribution in [-0.4, -0.2) is 17.0 Å². The molecule has 0 radical (unpaired) electrons. The summed E-state index contributed by atoms with van der Waals surface area (Å²) < 4.78 is 0. The molecule has 0 atom stereocenters. The van der Waals surface area contributed by atoms with Crippen LogP contribution in [0.3, 0.4) is 0 Å². The number of aromatic hydroxyl groups is 1. The van der Waals surface area contributed by atoms with Gasteiger partial charge in [-0.3, -0.25) is 4.79 Å². The average Bonchev–Trinajstić information content (AvgIpc) is 2.96. The molecule has 0 saturated carbocycles. The highest BCUT2D eigenvalue weighted by Crippen LogP contribution is 2.32. The van der Waals surface area contributed by atoms with E-state index in [9.17, 15) is 20.0 Å². The Morgan fingerprint density at radius 1 is 0.963 bits per heavy atom. The van der Waals surface area contributed by atoms with E-state index in [2.05, 4.69) is 11.4 Å². The van der Waals surface area contributed by atoms with E-state index in [1.807, 2.05) is 0 Å². The molecule has 3 aromatic rings. The van der Waals surface area contributed by atoms with Crippen molar-refractivity contribution in [1.82, 2.24) is 5.32 Å². The van der Waals surface area contributed by atoms with Crippen molar-refractivity contribution in [2.45, 2.75) is 0 Å². The lowest BCUT2D eigenvalue weighted by Crippen LogP contribution is -2.30. The number of hydrogen-bond donors (Lipinski definition) is 2. The van der Waals surface area contributed by atoms with Gasteiger partial charge in [-0.25, -0.2) is 9.69 Å². The summed E-state index contributed by atoms with van der Waals surface area (Å²) in [5.41, 5.74) is 1.70. The zero-order valence-electron chi connectivity index (χ0n) is 14.0. The minimum Gasteiger partial charge on any atom is -0.508 e. The third kappa shape index (κ3) is 2.77. The molecule has 1 aliphatic rings. The van der Waals surface area contributed by atoms with Crippen LogP contribution in [0.4, 0.5) is 10.5 Å². The van der Waals surface area contributed by atoms with Gasteiger partial charge in [-0.2, -0.15) is 5.26 Å². The predicted octanol–water partition coefficient (Wildman–Crippen LogP) is 3.51. The van der Waals surface area contributed by atoms with Gasteiger partial charge in [0.25, 0.3) is 5.91 Å². The molecule has 1 saturated heterocycles. The van der Waals surface area contributed by atoms with Gasteiger partial charge < -0.3 is 10.4 Å². The molecule has 0 aliphatic carbocycles. The standard InChI is InChI=1S/C21H13N3O3/c22-12-14-7-10-19(17-4-2-1-3-16(14)17)24-20(26)18(23-21(24)27)11-13-5-8-15(25)9-6-13/h1-11,25H,(H,23,27)/b18-11-. The molecule has 3 aromatic carbocycles. The molecule has 1 aliphatic heterocycles. The van der Waals surface area contributed by atoms with Crippen LogP contribution in [-0.2, 0) is 4.79 Å². The monoisotopic (exact) mass is 355 g/mol. The molecule has 0 spiro atoms. The maximum Gasteiger partial charge on any atom is 0.333 e. The van der Waals surface area contributed by atoms with Crippen LogP contribution >= 0.6 is 0 Å². The minimum absolute atomic E-state index is 0.115. The third-order valence-corrected chi connectivity index (χ3v) is 4.34.